The Labute approximate surface area is 115 Å². The van der Waals surface area contributed by atoms with Crippen LogP contribution in [0.25, 0.3) is 0 Å². The fourth-order valence-corrected chi connectivity index (χ4v) is 2.01. The predicted octanol–water partition coefficient (Wildman–Crippen LogP) is 4.50. The van der Waals surface area contributed by atoms with E-state index in [2.05, 4.69) is 26.0 Å². The second-order valence-corrected chi connectivity index (χ2v) is 4.72. The SMILES string of the molecule is CCCC(=Nc1ccccc1C)c1ccc(N)cc1. The maximum absolute atomic E-state index is 5.74. The molecule has 0 unspecified atom stereocenters. The van der Waals surface area contributed by atoms with E-state index < -0.39 is 0 Å². The molecule has 0 heterocycles. The molecule has 0 aliphatic carbocycles. The van der Waals surface area contributed by atoms with Gasteiger partial charge in [-0.2, -0.15) is 0 Å². The number of hydrogen-bond acceptors (Lipinski definition) is 2. The molecule has 2 N–H and O–H groups in total. The van der Waals surface area contributed by atoms with Gasteiger partial charge in [0.2, 0.25) is 0 Å². The highest BCUT2D eigenvalue weighted by molar-refractivity contribution is 6.02. The molecular formula is C17H20N2. The lowest BCUT2D eigenvalue weighted by Gasteiger charge is -2.08. The summed E-state index contributed by atoms with van der Waals surface area (Å²) in [6, 6.07) is 16.2. The van der Waals surface area contributed by atoms with Gasteiger partial charge in [0.25, 0.3) is 0 Å². The summed E-state index contributed by atoms with van der Waals surface area (Å²) in [7, 11) is 0. The molecule has 2 rings (SSSR count). The first-order valence-electron chi connectivity index (χ1n) is 6.70. The van der Waals surface area contributed by atoms with Crippen molar-refractivity contribution in [3.63, 3.8) is 0 Å². The zero-order valence-electron chi connectivity index (χ0n) is 11.6. The highest BCUT2D eigenvalue weighted by atomic mass is 14.7. The molecule has 0 radical (unpaired) electrons. The van der Waals surface area contributed by atoms with Crippen LogP contribution in [0.5, 0.6) is 0 Å². The van der Waals surface area contributed by atoms with Crippen LogP contribution in [0, 0.1) is 6.92 Å². The zero-order valence-corrected chi connectivity index (χ0v) is 11.6. The molecule has 0 spiro atoms. The standard InChI is InChI=1S/C17H20N2/c1-3-6-17(14-9-11-15(18)12-10-14)19-16-8-5-4-7-13(16)2/h4-5,7-12H,3,6,18H2,1-2H3. The number of rotatable bonds is 4. The van der Waals surface area contributed by atoms with Gasteiger partial charge in [-0.3, -0.25) is 4.99 Å². The van der Waals surface area contributed by atoms with Crippen molar-refractivity contribution in [1.29, 1.82) is 0 Å². The second kappa shape index (κ2) is 6.19. The molecule has 0 saturated carbocycles. The Balaban J connectivity index is 2.40. The number of aryl methyl sites for hydroxylation is 1. The largest absolute Gasteiger partial charge is 0.399 e. The van der Waals surface area contributed by atoms with Gasteiger partial charge >= 0.3 is 0 Å². The fourth-order valence-electron chi connectivity index (χ4n) is 2.01. The van der Waals surface area contributed by atoms with E-state index in [-0.39, 0.29) is 0 Å². The monoisotopic (exact) mass is 252 g/mol. The zero-order chi connectivity index (χ0) is 13.7. The average molecular weight is 252 g/mol. The van der Waals surface area contributed by atoms with Crippen LogP contribution < -0.4 is 5.73 Å². The van der Waals surface area contributed by atoms with Crippen molar-refractivity contribution in [3.05, 3.63) is 59.7 Å². The van der Waals surface area contributed by atoms with Gasteiger partial charge in [0.1, 0.15) is 0 Å². The van der Waals surface area contributed by atoms with Crippen LogP contribution in [-0.4, -0.2) is 5.71 Å². The highest BCUT2D eigenvalue weighted by Gasteiger charge is 2.04. The van der Waals surface area contributed by atoms with E-state index in [9.17, 15) is 0 Å². The van der Waals surface area contributed by atoms with Gasteiger partial charge in [-0.05, 0) is 42.7 Å². The number of hydrogen-bond donors (Lipinski definition) is 1. The first-order chi connectivity index (χ1) is 9.20. The Morgan fingerprint density at radius 2 is 1.74 bits per heavy atom. The molecule has 0 fully saturated rings. The number of nitrogens with zero attached hydrogens (tertiary/aromatic N) is 1. The molecule has 0 aromatic heterocycles. The van der Waals surface area contributed by atoms with E-state index >= 15 is 0 Å². The third-order valence-corrected chi connectivity index (χ3v) is 3.10. The lowest BCUT2D eigenvalue weighted by Crippen LogP contribution is -2.00. The average Bonchev–Trinajstić information content (AvgIpc) is 2.42. The number of para-hydroxylation sites is 1. The molecule has 0 amide bonds. The summed E-state index contributed by atoms with van der Waals surface area (Å²) in [5.74, 6) is 0. The highest BCUT2D eigenvalue weighted by Crippen LogP contribution is 2.20. The van der Waals surface area contributed by atoms with Crippen molar-refractivity contribution >= 4 is 17.1 Å². The Morgan fingerprint density at radius 1 is 1.05 bits per heavy atom. The van der Waals surface area contributed by atoms with Crippen molar-refractivity contribution < 1.29 is 0 Å². The number of anilines is 1. The van der Waals surface area contributed by atoms with Gasteiger partial charge in [-0.1, -0.05) is 43.7 Å². The minimum absolute atomic E-state index is 0.787. The van der Waals surface area contributed by atoms with Crippen molar-refractivity contribution in [2.45, 2.75) is 26.7 Å². The van der Waals surface area contributed by atoms with Crippen LogP contribution in [0.1, 0.15) is 30.9 Å². The molecule has 2 aromatic carbocycles. The van der Waals surface area contributed by atoms with E-state index in [1.165, 1.54) is 5.56 Å². The van der Waals surface area contributed by atoms with Crippen LogP contribution in [0.15, 0.2) is 53.5 Å². The summed E-state index contributed by atoms with van der Waals surface area (Å²) in [5.41, 5.74) is 11.0. The summed E-state index contributed by atoms with van der Waals surface area (Å²) >= 11 is 0. The summed E-state index contributed by atoms with van der Waals surface area (Å²) < 4.78 is 0. The summed E-state index contributed by atoms with van der Waals surface area (Å²) in [6.07, 6.45) is 2.05. The van der Waals surface area contributed by atoms with E-state index in [4.69, 9.17) is 10.7 Å². The molecule has 0 aliphatic heterocycles. The van der Waals surface area contributed by atoms with Gasteiger partial charge in [0.15, 0.2) is 0 Å². The van der Waals surface area contributed by atoms with Crippen LogP contribution >= 0.6 is 0 Å². The maximum Gasteiger partial charge on any atom is 0.0662 e. The van der Waals surface area contributed by atoms with Crippen LogP contribution in [0.4, 0.5) is 11.4 Å². The Morgan fingerprint density at radius 3 is 2.37 bits per heavy atom. The second-order valence-electron chi connectivity index (χ2n) is 4.72. The van der Waals surface area contributed by atoms with E-state index in [0.29, 0.717) is 0 Å². The molecule has 98 valence electrons. The Hall–Kier alpha value is -2.09. The number of nitrogens with two attached hydrogens (primary N) is 1. The lowest BCUT2D eigenvalue weighted by atomic mass is 10.1. The Kier molecular flexibility index (Phi) is 4.35. The Bertz CT molecular complexity index is 568. The summed E-state index contributed by atoms with van der Waals surface area (Å²) in [6.45, 7) is 4.26. The van der Waals surface area contributed by atoms with Gasteiger partial charge in [0, 0.05) is 11.4 Å². The minimum atomic E-state index is 0.787. The van der Waals surface area contributed by atoms with Crippen molar-refractivity contribution in [2.24, 2.45) is 4.99 Å². The van der Waals surface area contributed by atoms with Gasteiger partial charge in [0.05, 0.1) is 5.69 Å². The maximum atomic E-state index is 5.74. The summed E-state index contributed by atoms with van der Waals surface area (Å²) in [5, 5.41) is 0. The van der Waals surface area contributed by atoms with Crippen LogP contribution in [-0.2, 0) is 0 Å². The molecular weight excluding hydrogens is 232 g/mol. The van der Waals surface area contributed by atoms with Crippen molar-refractivity contribution in [2.75, 3.05) is 5.73 Å². The topological polar surface area (TPSA) is 38.4 Å². The van der Waals surface area contributed by atoms with E-state index in [1.807, 2.05) is 36.4 Å². The van der Waals surface area contributed by atoms with E-state index in [1.54, 1.807) is 0 Å². The molecule has 19 heavy (non-hydrogen) atoms. The first-order valence-corrected chi connectivity index (χ1v) is 6.70. The normalized spacial score (nSPS) is 11.6. The molecule has 0 saturated heterocycles. The third-order valence-electron chi connectivity index (χ3n) is 3.10. The molecule has 0 bridgehead atoms. The van der Waals surface area contributed by atoms with Crippen LogP contribution in [0.2, 0.25) is 0 Å². The number of aliphatic imine (C=N–C) groups is 1. The number of nitrogen functional groups attached to an aromatic ring is 1. The number of benzene rings is 2. The minimum Gasteiger partial charge on any atom is -0.399 e. The molecule has 0 aliphatic rings. The van der Waals surface area contributed by atoms with Crippen molar-refractivity contribution in [3.8, 4) is 0 Å². The third kappa shape index (κ3) is 3.44. The van der Waals surface area contributed by atoms with Crippen molar-refractivity contribution in [1.82, 2.24) is 0 Å². The molecule has 2 nitrogen and oxygen atoms in total. The quantitative estimate of drug-likeness (QED) is 0.631. The fraction of sp³-hybridized carbons (Fsp3) is 0.235. The van der Waals surface area contributed by atoms with Gasteiger partial charge in [-0.15, -0.1) is 0 Å². The van der Waals surface area contributed by atoms with Gasteiger partial charge in [-0.25, -0.2) is 0 Å². The smallest absolute Gasteiger partial charge is 0.0662 e. The first kappa shape index (κ1) is 13.3. The molecule has 2 heteroatoms. The predicted molar refractivity (Wildman–Crippen MR) is 83.1 cm³/mol. The lowest BCUT2D eigenvalue weighted by molar-refractivity contribution is 0.992. The molecule has 0 atom stereocenters. The van der Waals surface area contributed by atoms with E-state index in [0.717, 1.165) is 35.5 Å². The van der Waals surface area contributed by atoms with Gasteiger partial charge < -0.3 is 5.73 Å². The van der Waals surface area contributed by atoms with Crippen LogP contribution in [0.3, 0.4) is 0 Å². The summed E-state index contributed by atoms with van der Waals surface area (Å²) in [4.78, 5) is 4.82. The molecule has 2 aromatic rings.